The Morgan fingerprint density at radius 2 is 1.89 bits per heavy atom. The molecule has 0 fully saturated rings. The summed E-state index contributed by atoms with van der Waals surface area (Å²) < 4.78 is 6.77. The first kappa shape index (κ1) is 12.2. The third kappa shape index (κ3) is 2.22. The number of ether oxygens (including phenoxy) is 1. The second-order valence-electron chi connectivity index (χ2n) is 4.18. The molecule has 0 unspecified atom stereocenters. The van der Waals surface area contributed by atoms with Gasteiger partial charge in [-0.2, -0.15) is 0 Å². The number of nitrogens with zero attached hydrogens (tertiary/aromatic N) is 2. The Hall–Kier alpha value is -2.23. The van der Waals surface area contributed by atoms with E-state index in [9.17, 15) is 4.79 Å². The van der Waals surface area contributed by atoms with Gasteiger partial charge < -0.3 is 14.2 Å². The minimum atomic E-state index is -0.326. The molecule has 0 saturated heterocycles. The number of hydrogen-bond donors (Lipinski definition) is 0. The molecule has 0 aliphatic carbocycles. The van der Waals surface area contributed by atoms with Gasteiger partial charge in [0.2, 0.25) is 0 Å². The predicted octanol–water partition coefficient (Wildman–Crippen LogP) is 2.33. The predicted molar refractivity (Wildman–Crippen MR) is 71.4 cm³/mol. The minimum Gasteiger partial charge on any atom is -0.465 e. The summed E-state index contributed by atoms with van der Waals surface area (Å²) in [5.74, 6) is -0.326. The van der Waals surface area contributed by atoms with Crippen molar-refractivity contribution in [3.05, 3.63) is 48.3 Å². The van der Waals surface area contributed by atoms with Gasteiger partial charge in [0, 0.05) is 32.2 Å². The zero-order valence-electron chi connectivity index (χ0n) is 10.8. The quantitative estimate of drug-likeness (QED) is 0.777. The number of anilines is 1. The van der Waals surface area contributed by atoms with E-state index < -0.39 is 0 Å². The van der Waals surface area contributed by atoms with Crippen LogP contribution < -0.4 is 4.90 Å². The maximum Gasteiger partial charge on any atom is 0.340 e. The first-order valence-electron chi connectivity index (χ1n) is 5.66. The maximum atomic E-state index is 11.8. The number of carbonyl (C=O) groups is 1. The number of aromatic nitrogens is 1. The standard InChI is InChI=1S/C14H16N2O2/c1-15(2)13-7-6-11(16-8-4-5-9-16)10-12(13)14(17)18-3/h4-10H,1-3H3. The van der Waals surface area contributed by atoms with Crippen LogP contribution in [0.4, 0.5) is 5.69 Å². The Labute approximate surface area is 106 Å². The van der Waals surface area contributed by atoms with Crippen molar-refractivity contribution in [1.29, 1.82) is 0 Å². The van der Waals surface area contributed by atoms with Crippen LogP contribution in [-0.2, 0) is 4.74 Å². The Morgan fingerprint density at radius 3 is 2.44 bits per heavy atom. The van der Waals surface area contributed by atoms with Gasteiger partial charge in [0.25, 0.3) is 0 Å². The molecule has 0 aliphatic rings. The third-order valence-electron chi connectivity index (χ3n) is 2.77. The number of hydrogen-bond acceptors (Lipinski definition) is 3. The van der Waals surface area contributed by atoms with E-state index in [1.807, 2.05) is 66.3 Å². The fourth-order valence-corrected chi connectivity index (χ4v) is 1.85. The monoisotopic (exact) mass is 244 g/mol. The SMILES string of the molecule is COC(=O)c1cc(-n2cccc2)ccc1N(C)C. The molecule has 0 spiro atoms. The summed E-state index contributed by atoms with van der Waals surface area (Å²) in [6.07, 6.45) is 3.87. The molecule has 0 saturated carbocycles. The normalized spacial score (nSPS) is 10.2. The zero-order valence-corrected chi connectivity index (χ0v) is 10.8. The Bertz CT molecular complexity index is 545. The van der Waals surface area contributed by atoms with Gasteiger partial charge in [-0.05, 0) is 30.3 Å². The van der Waals surface area contributed by atoms with Crippen LogP contribution in [0.3, 0.4) is 0 Å². The molecule has 1 heterocycles. The van der Waals surface area contributed by atoms with Crippen molar-refractivity contribution in [1.82, 2.24) is 4.57 Å². The molecule has 4 nitrogen and oxygen atoms in total. The largest absolute Gasteiger partial charge is 0.465 e. The van der Waals surface area contributed by atoms with Crippen molar-refractivity contribution in [2.24, 2.45) is 0 Å². The molecule has 0 radical (unpaired) electrons. The summed E-state index contributed by atoms with van der Waals surface area (Å²) in [7, 11) is 5.19. The summed E-state index contributed by atoms with van der Waals surface area (Å²) in [5, 5.41) is 0. The average molecular weight is 244 g/mol. The molecule has 1 aromatic heterocycles. The van der Waals surface area contributed by atoms with Crippen LogP contribution in [0.25, 0.3) is 5.69 Å². The Balaban J connectivity index is 2.52. The molecule has 18 heavy (non-hydrogen) atoms. The van der Waals surface area contributed by atoms with Crippen molar-refractivity contribution in [3.63, 3.8) is 0 Å². The number of methoxy groups -OCH3 is 1. The van der Waals surface area contributed by atoms with Gasteiger partial charge in [-0.1, -0.05) is 0 Å². The molecule has 0 aliphatic heterocycles. The molecular formula is C14H16N2O2. The van der Waals surface area contributed by atoms with Gasteiger partial charge in [-0.25, -0.2) is 4.79 Å². The van der Waals surface area contributed by atoms with Crippen LogP contribution in [0.15, 0.2) is 42.7 Å². The van der Waals surface area contributed by atoms with Gasteiger partial charge in [-0.15, -0.1) is 0 Å². The second kappa shape index (κ2) is 4.96. The highest BCUT2D eigenvalue weighted by Crippen LogP contribution is 2.23. The van der Waals surface area contributed by atoms with Crippen LogP contribution in [0.2, 0.25) is 0 Å². The lowest BCUT2D eigenvalue weighted by atomic mass is 10.1. The van der Waals surface area contributed by atoms with E-state index in [2.05, 4.69) is 0 Å². The van der Waals surface area contributed by atoms with Gasteiger partial charge in [0.05, 0.1) is 18.4 Å². The molecule has 0 amide bonds. The summed E-state index contributed by atoms with van der Waals surface area (Å²) in [5.41, 5.74) is 2.34. The first-order valence-corrected chi connectivity index (χ1v) is 5.66. The van der Waals surface area contributed by atoms with E-state index in [4.69, 9.17) is 4.74 Å². The topological polar surface area (TPSA) is 34.5 Å². The van der Waals surface area contributed by atoms with E-state index in [-0.39, 0.29) is 5.97 Å². The molecular weight excluding hydrogens is 228 g/mol. The molecule has 0 atom stereocenters. The fourth-order valence-electron chi connectivity index (χ4n) is 1.85. The molecule has 0 bridgehead atoms. The van der Waals surface area contributed by atoms with Crippen LogP contribution in [0.5, 0.6) is 0 Å². The van der Waals surface area contributed by atoms with Crippen molar-refractivity contribution in [3.8, 4) is 5.69 Å². The van der Waals surface area contributed by atoms with Crippen LogP contribution >= 0.6 is 0 Å². The maximum absolute atomic E-state index is 11.8. The molecule has 0 N–H and O–H groups in total. The highest BCUT2D eigenvalue weighted by molar-refractivity contribution is 5.96. The summed E-state index contributed by atoms with van der Waals surface area (Å²) in [6, 6.07) is 9.61. The molecule has 2 aromatic rings. The highest BCUT2D eigenvalue weighted by Gasteiger charge is 2.14. The molecule has 1 aromatic carbocycles. The van der Waals surface area contributed by atoms with Gasteiger partial charge in [0.15, 0.2) is 0 Å². The minimum absolute atomic E-state index is 0.326. The summed E-state index contributed by atoms with van der Waals surface area (Å²) >= 11 is 0. The van der Waals surface area contributed by atoms with Gasteiger partial charge >= 0.3 is 5.97 Å². The second-order valence-corrected chi connectivity index (χ2v) is 4.18. The van der Waals surface area contributed by atoms with Crippen LogP contribution in [0, 0.1) is 0 Å². The third-order valence-corrected chi connectivity index (χ3v) is 2.77. The van der Waals surface area contributed by atoms with Crippen molar-refractivity contribution < 1.29 is 9.53 Å². The van der Waals surface area contributed by atoms with Crippen molar-refractivity contribution in [2.75, 3.05) is 26.1 Å². The van der Waals surface area contributed by atoms with E-state index >= 15 is 0 Å². The zero-order chi connectivity index (χ0) is 13.1. The van der Waals surface area contributed by atoms with Crippen LogP contribution in [0.1, 0.15) is 10.4 Å². The highest BCUT2D eigenvalue weighted by atomic mass is 16.5. The Morgan fingerprint density at radius 1 is 1.22 bits per heavy atom. The lowest BCUT2D eigenvalue weighted by Crippen LogP contribution is -2.15. The van der Waals surface area contributed by atoms with E-state index in [0.29, 0.717) is 5.56 Å². The summed E-state index contributed by atoms with van der Waals surface area (Å²) in [4.78, 5) is 13.7. The van der Waals surface area contributed by atoms with Crippen molar-refractivity contribution >= 4 is 11.7 Å². The van der Waals surface area contributed by atoms with E-state index in [1.54, 1.807) is 0 Å². The van der Waals surface area contributed by atoms with Gasteiger partial charge in [0.1, 0.15) is 0 Å². The average Bonchev–Trinajstić information content (AvgIpc) is 2.90. The molecule has 4 heteroatoms. The Kier molecular flexibility index (Phi) is 3.37. The van der Waals surface area contributed by atoms with E-state index in [0.717, 1.165) is 11.4 Å². The smallest absolute Gasteiger partial charge is 0.340 e. The number of esters is 1. The molecule has 94 valence electrons. The summed E-state index contributed by atoms with van der Waals surface area (Å²) in [6.45, 7) is 0. The van der Waals surface area contributed by atoms with Gasteiger partial charge in [-0.3, -0.25) is 0 Å². The number of benzene rings is 1. The number of carbonyl (C=O) groups excluding carboxylic acids is 1. The van der Waals surface area contributed by atoms with E-state index in [1.165, 1.54) is 7.11 Å². The lowest BCUT2D eigenvalue weighted by molar-refractivity contribution is 0.0601. The molecule has 2 rings (SSSR count). The fraction of sp³-hybridized carbons (Fsp3) is 0.214. The van der Waals surface area contributed by atoms with Crippen LogP contribution in [-0.4, -0.2) is 31.7 Å². The number of rotatable bonds is 3. The lowest BCUT2D eigenvalue weighted by Gasteiger charge is -2.17. The van der Waals surface area contributed by atoms with Crippen molar-refractivity contribution in [2.45, 2.75) is 0 Å². The first-order chi connectivity index (χ1) is 8.63.